The molecule has 110 valence electrons. The van der Waals surface area contributed by atoms with Crippen LogP contribution in [-0.4, -0.2) is 22.6 Å². The number of amides is 3. The van der Waals surface area contributed by atoms with Crippen LogP contribution in [0.1, 0.15) is 38.7 Å². The van der Waals surface area contributed by atoms with E-state index in [0.717, 1.165) is 4.90 Å². The Hall–Kier alpha value is -2.95. The van der Waals surface area contributed by atoms with E-state index in [4.69, 9.17) is 5.73 Å². The number of nitrogens with zero attached hydrogens (tertiary/aromatic N) is 1. The highest BCUT2D eigenvalue weighted by molar-refractivity contribution is 6.21. The minimum Gasteiger partial charge on any atom is -0.370 e. The lowest BCUT2D eigenvalue weighted by molar-refractivity contribution is -0.118. The zero-order valence-corrected chi connectivity index (χ0v) is 11.7. The van der Waals surface area contributed by atoms with Crippen molar-refractivity contribution < 1.29 is 14.4 Å². The Kier molecular flexibility index (Phi) is 3.47. The van der Waals surface area contributed by atoms with Crippen molar-refractivity contribution in [2.24, 2.45) is 5.73 Å². The summed E-state index contributed by atoms with van der Waals surface area (Å²) in [5.41, 5.74) is 6.73. The van der Waals surface area contributed by atoms with Crippen LogP contribution in [0.5, 0.6) is 0 Å². The molecule has 5 nitrogen and oxygen atoms in total. The van der Waals surface area contributed by atoms with Gasteiger partial charge in [0.05, 0.1) is 23.6 Å². The molecule has 0 unspecified atom stereocenters. The van der Waals surface area contributed by atoms with E-state index in [0.29, 0.717) is 16.7 Å². The molecule has 0 saturated heterocycles. The number of nitrogens with two attached hydrogens (primary N) is 1. The van der Waals surface area contributed by atoms with Crippen molar-refractivity contribution in [1.82, 2.24) is 4.90 Å². The van der Waals surface area contributed by atoms with E-state index >= 15 is 0 Å². The molecule has 3 amide bonds. The SMILES string of the molecule is NC(=O)C[C@H](c1ccccc1)N1C(=O)c2ccccc2C1=O. The maximum absolute atomic E-state index is 12.6. The lowest BCUT2D eigenvalue weighted by Crippen LogP contribution is -2.36. The highest BCUT2D eigenvalue weighted by atomic mass is 16.2. The number of primary amides is 1. The third kappa shape index (κ3) is 2.26. The van der Waals surface area contributed by atoms with Gasteiger partial charge in [-0.15, -0.1) is 0 Å². The highest BCUT2D eigenvalue weighted by Crippen LogP contribution is 2.33. The van der Waals surface area contributed by atoms with Crippen molar-refractivity contribution in [3.8, 4) is 0 Å². The minimum atomic E-state index is -0.689. The zero-order chi connectivity index (χ0) is 15.7. The summed E-state index contributed by atoms with van der Waals surface area (Å²) < 4.78 is 0. The first-order chi connectivity index (χ1) is 10.6. The van der Waals surface area contributed by atoms with Crippen molar-refractivity contribution in [1.29, 1.82) is 0 Å². The Morgan fingerprint density at radius 1 is 0.909 bits per heavy atom. The summed E-state index contributed by atoms with van der Waals surface area (Å²) in [4.78, 5) is 37.6. The Morgan fingerprint density at radius 3 is 1.91 bits per heavy atom. The molecule has 0 saturated carbocycles. The van der Waals surface area contributed by atoms with Gasteiger partial charge in [-0.2, -0.15) is 0 Å². The number of hydrogen-bond donors (Lipinski definition) is 1. The molecule has 1 aliphatic heterocycles. The second-order valence-electron chi connectivity index (χ2n) is 5.12. The van der Waals surface area contributed by atoms with E-state index in [9.17, 15) is 14.4 Å². The predicted octanol–water partition coefficient (Wildman–Crippen LogP) is 1.90. The fraction of sp³-hybridized carbons (Fsp3) is 0.118. The molecule has 1 aliphatic rings. The number of carbonyl (C=O) groups is 3. The Morgan fingerprint density at radius 2 is 1.41 bits per heavy atom. The molecule has 0 fully saturated rings. The third-order valence-electron chi connectivity index (χ3n) is 3.72. The Balaban J connectivity index is 2.05. The van der Waals surface area contributed by atoms with Crippen molar-refractivity contribution in [3.63, 3.8) is 0 Å². The van der Waals surface area contributed by atoms with Crippen molar-refractivity contribution >= 4 is 17.7 Å². The molecule has 2 aromatic rings. The second-order valence-corrected chi connectivity index (χ2v) is 5.12. The van der Waals surface area contributed by atoms with Gasteiger partial charge in [0.25, 0.3) is 11.8 Å². The van der Waals surface area contributed by atoms with Crippen LogP contribution in [0.15, 0.2) is 54.6 Å². The van der Waals surface area contributed by atoms with Gasteiger partial charge in [0.15, 0.2) is 0 Å². The van der Waals surface area contributed by atoms with E-state index in [2.05, 4.69) is 0 Å². The number of benzene rings is 2. The molecule has 1 heterocycles. The monoisotopic (exact) mass is 294 g/mol. The average molecular weight is 294 g/mol. The van der Waals surface area contributed by atoms with Crippen molar-refractivity contribution in [3.05, 3.63) is 71.3 Å². The summed E-state index contributed by atoms with van der Waals surface area (Å²) >= 11 is 0. The first-order valence-electron chi connectivity index (χ1n) is 6.89. The molecule has 1 atom stereocenters. The van der Waals surface area contributed by atoms with Crippen LogP contribution in [0.2, 0.25) is 0 Å². The van der Waals surface area contributed by atoms with Crippen LogP contribution >= 0.6 is 0 Å². The quantitative estimate of drug-likeness (QED) is 0.874. The lowest BCUT2D eigenvalue weighted by atomic mass is 10.0. The molecule has 0 aromatic heterocycles. The fourth-order valence-electron chi connectivity index (χ4n) is 2.71. The lowest BCUT2D eigenvalue weighted by Gasteiger charge is -2.25. The summed E-state index contributed by atoms with van der Waals surface area (Å²) in [5.74, 6) is -1.35. The molecule has 0 radical (unpaired) electrons. The molecular weight excluding hydrogens is 280 g/mol. The van der Waals surface area contributed by atoms with Gasteiger partial charge in [-0.05, 0) is 17.7 Å². The van der Waals surface area contributed by atoms with E-state index in [1.165, 1.54) is 0 Å². The van der Waals surface area contributed by atoms with Crippen LogP contribution in [0, 0.1) is 0 Å². The predicted molar refractivity (Wildman–Crippen MR) is 79.9 cm³/mol. The summed E-state index contributed by atoms with van der Waals surface area (Å²) in [6, 6.07) is 14.9. The molecule has 3 rings (SSSR count). The highest BCUT2D eigenvalue weighted by Gasteiger charge is 2.40. The van der Waals surface area contributed by atoms with Gasteiger partial charge in [0.2, 0.25) is 5.91 Å². The number of carbonyl (C=O) groups excluding carboxylic acids is 3. The summed E-state index contributed by atoms with van der Waals surface area (Å²) in [7, 11) is 0. The Bertz CT molecular complexity index is 721. The third-order valence-corrected chi connectivity index (χ3v) is 3.72. The summed E-state index contributed by atoms with van der Waals surface area (Å²) in [6.45, 7) is 0. The van der Waals surface area contributed by atoms with Crippen LogP contribution in [0.4, 0.5) is 0 Å². The number of fused-ring (bicyclic) bond motifs is 1. The maximum Gasteiger partial charge on any atom is 0.262 e. The van der Waals surface area contributed by atoms with Gasteiger partial charge in [-0.25, -0.2) is 0 Å². The summed E-state index contributed by atoms with van der Waals surface area (Å²) in [5, 5.41) is 0. The first-order valence-corrected chi connectivity index (χ1v) is 6.89. The minimum absolute atomic E-state index is 0.102. The van der Waals surface area contributed by atoms with Crippen molar-refractivity contribution in [2.45, 2.75) is 12.5 Å². The standard InChI is InChI=1S/C17H14N2O3/c18-15(20)10-14(11-6-2-1-3-7-11)19-16(21)12-8-4-5-9-13(12)17(19)22/h1-9,14H,10H2,(H2,18,20)/t14-/m1/s1. The first kappa shape index (κ1) is 14.0. The van der Waals surface area contributed by atoms with E-state index in [1.54, 1.807) is 48.5 Å². The molecule has 0 spiro atoms. The van der Waals surface area contributed by atoms with Gasteiger partial charge < -0.3 is 5.73 Å². The van der Waals surface area contributed by atoms with Gasteiger partial charge in [0, 0.05) is 0 Å². The molecule has 22 heavy (non-hydrogen) atoms. The zero-order valence-electron chi connectivity index (χ0n) is 11.7. The van der Waals surface area contributed by atoms with E-state index < -0.39 is 23.8 Å². The largest absolute Gasteiger partial charge is 0.370 e. The average Bonchev–Trinajstić information content (AvgIpc) is 2.78. The Labute approximate surface area is 127 Å². The molecular formula is C17H14N2O3. The number of rotatable bonds is 4. The van der Waals surface area contributed by atoms with Gasteiger partial charge in [-0.3, -0.25) is 19.3 Å². The van der Waals surface area contributed by atoms with Crippen LogP contribution in [0.25, 0.3) is 0 Å². The second kappa shape index (κ2) is 5.44. The molecule has 0 bridgehead atoms. The van der Waals surface area contributed by atoms with Crippen molar-refractivity contribution in [2.75, 3.05) is 0 Å². The van der Waals surface area contributed by atoms with Gasteiger partial charge in [-0.1, -0.05) is 42.5 Å². The van der Waals surface area contributed by atoms with Crippen LogP contribution in [0.3, 0.4) is 0 Å². The molecule has 0 aliphatic carbocycles. The molecule has 2 N–H and O–H groups in total. The maximum atomic E-state index is 12.6. The number of imide groups is 1. The van der Waals surface area contributed by atoms with E-state index in [1.807, 2.05) is 6.07 Å². The smallest absolute Gasteiger partial charge is 0.262 e. The molecule has 5 heteroatoms. The van der Waals surface area contributed by atoms with Gasteiger partial charge >= 0.3 is 0 Å². The topological polar surface area (TPSA) is 80.5 Å². The normalized spacial score (nSPS) is 14.8. The van der Waals surface area contributed by atoms with Crippen LogP contribution in [-0.2, 0) is 4.79 Å². The summed E-state index contributed by atoms with van der Waals surface area (Å²) in [6.07, 6.45) is -0.102. The number of hydrogen-bond acceptors (Lipinski definition) is 3. The van der Waals surface area contributed by atoms with E-state index in [-0.39, 0.29) is 6.42 Å². The van der Waals surface area contributed by atoms with Gasteiger partial charge in [0.1, 0.15) is 0 Å². The molecule has 2 aromatic carbocycles. The van der Waals surface area contributed by atoms with Crippen LogP contribution < -0.4 is 5.73 Å². The fourth-order valence-corrected chi connectivity index (χ4v) is 2.71.